The van der Waals surface area contributed by atoms with Gasteiger partial charge in [-0.3, -0.25) is 9.36 Å². The minimum absolute atomic E-state index is 0.171. The van der Waals surface area contributed by atoms with Crippen molar-refractivity contribution >= 4 is 34.7 Å². The second-order valence-electron chi connectivity index (χ2n) is 5.98. The fraction of sp³-hybridized carbons (Fsp3) is 0.263. The third-order valence-electron chi connectivity index (χ3n) is 4.22. The van der Waals surface area contributed by atoms with Crippen LogP contribution in [-0.2, 0) is 4.74 Å². The molecule has 0 aliphatic carbocycles. The summed E-state index contributed by atoms with van der Waals surface area (Å²) in [6.07, 6.45) is 5.82. The van der Waals surface area contributed by atoms with Crippen LogP contribution in [0.25, 0.3) is 11.2 Å². The van der Waals surface area contributed by atoms with Crippen LogP contribution in [0.1, 0.15) is 29.9 Å². The molecule has 0 bridgehead atoms. The van der Waals surface area contributed by atoms with Gasteiger partial charge in [-0.05, 0) is 24.0 Å². The number of nitrogens with zero attached hydrogens (tertiary/aromatic N) is 4. The number of rotatable bonds is 6. The van der Waals surface area contributed by atoms with Gasteiger partial charge in [-0.25, -0.2) is 15.0 Å². The molecule has 27 heavy (non-hydrogen) atoms. The zero-order valence-electron chi connectivity index (χ0n) is 14.8. The maximum absolute atomic E-state index is 12.4. The molecule has 0 saturated heterocycles. The number of hydrogen-bond donors (Lipinski definition) is 1. The molecule has 0 fully saturated rings. The fourth-order valence-corrected chi connectivity index (χ4v) is 3.48. The number of aromatic nitrogens is 4. The summed E-state index contributed by atoms with van der Waals surface area (Å²) in [5.74, 6) is 3.06. The summed E-state index contributed by atoms with van der Waals surface area (Å²) < 4.78 is 7.91. The maximum atomic E-state index is 12.4. The highest BCUT2D eigenvalue weighted by molar-refractivity contribution is 7.99. The first-order valence-corrected chi connectivity index (χ1v) is 9.89. The third-order valence-corrected chi connectivity index (χ3v) is 5.12. The van der Waals surface area contributed by atoms with Gasteiger partial charge in [-0.2, -0.15) is 11.8 Å². The van der Waals surface area contributed by atoms with E-state index in [1.807, 2.05) is 34.5 Å². The quantitative estimate of drug-likeness (QED) is 0.702. The van der Waals surface area contributed by atoms with Gasteiger partial charge in [-0.1, -0.05) is 25.1 Å². The Balaban J connectivity index is 1.55. The SMILES string of the molecule is CCSCC1=CC[C@H](n2cnc3c(NC(=O)c4ccccc4)ncnc32)O1. The highest BCUT2D eigenvalue weighted by atomic mass is 32.2. The Morgan fingerprint density at radius 3 is 2.96 bits per heavy atom. The van der Waals surface area contributed by atoms with Crippen LogP contribution in [0.15, 0.2) is 54.8 Å². The summed E-state index contributed by atoms with van der Waals surface area (Å²) in [5, 5.41) is 2.82. The van der Waals surface area contributed by atoms with Crippen molar-refractivity contribution < 1.29 is 9.53 Å². The van der Waals surface area contributed by atoms with Crippen LogP contribution in [0.3, 0.4) is 0 Å². The van der Waals surface area contributed by atoms with Crippen molar-refractivity contribution in [3.8, 4) is 0 Å². The Hall–Kier alpha value is -2.87. The molecule has 138 valence electrons. The number of amides is 1. The van der Waals surface area contributed by atoms with Crippen LogP contribution in [0.4, 0.5) is 5.82 Å². The van der Waals surface area contributed by atoms with Crippen LogP contribution < -0.4 is 5.32 Å². The minimum Gasteiger partial charge on any atom is -0.474 e. The minimum atomic E-state index is -0.234. The lowest BCUT2D eigenvalue weighted by molar-refractivity contribution is 0.0879. The van der Waals surface area contributed by atoms with E-state index in [9.17, 15) is 4.79 Å². The third kappa shape index (κ3) is 3.66. The average molecular weight is 381 g/mol. The first kappa shape index (κ1) is 17.5. The topological polar surface area (TPSA) is 81.9 Å². The highest BCUT2D eigenvalue weighted by Gasteiger charge is 2.23. The largest absolute Gasteiger partial charge is 0.474 e. The molecule has 7 nitrogen and oxygen atoms in total. The Labute approximate surface area is 160 Å². The van der Waals surface area contributed by atoms with Crippen molar-refractivity contribution in [2.24, 2.45) is 0 Å². The maximum Gasteiger partial charge on any atom is 0.256 e. The zero-order chi connectivity index (χ0) is 18.6. The molecule has 1 atom stereocenters. The van der Waals surface area contributed by atoms with Gasteiger partial charge in [0.2, 0.25) is 0 Å². The van der Waals surface area contributed by atoms with Crippen LogP contribution in [0, 0.1) is 0 Å². The van der Waals surface area contributed by atoms with Crippen LogP contribution in [0.2, 0.25) is 0 Å². The van der Waals surface area contributed by atoms with Crippen LogP contribution in [0.5, 0.6) is 0 Å². The van der Waals surface area contributed by atoms with Gasteiger partial charge in [0.25, 0.3) is 5.91 Å². The first-order chi connectivity index (χ1) is 13.3. The Morgan fingerprint density at radius 1 is 1.30 bits per heavy atom. The predicted octanol–water partition coefficient (Wildman–Crippen LogP) is 3.63. The smallest absolute Gasteiger partial charge is 0.256 e. The summed E-state index contributed by atoms with van der Waals surface area (Å²) in [5.41, 5.74) is 1.74. The van der Waals surface area contributed by atoms with E-state index in [0.717, 1.165) is 23.7 Å². The molecule has 1 aliphatic heterocycles. The molecule has 8 heteroatoms. The van der Waals surface area contributed by atoms with Crippen molar-refractivity contribution in [1.82, 2.24) is 19.5 Å². The van der Waals surface area contributed by atoms with E-state index in [4.69, 9.17) is 4.74 Å². The van der Waals surface area contributed by atoms with Gasteiger partial charge in [0, 0.05) is 12.0 Å². The molecule has 0 saturated carbocycles. The number of fused-ring (bicyclic) bond motifs is 1. The number of thioether (sulfide) groups is 1. The van der Waals surface area contributed by atoms with E-state index in [1.165, 1.54) is 6.33 Å². The monoisotopic (exact) mass is 381 g/mol. The van der Waals surface area contributed by atoms with Gasteiger partial charge in [-0.15, -0.1) is 0 Å². The number of hydrogen-bond acceptors (Lipinski definition) is 6. The molecule has 0 unspecified atom stereocenters. The standard InChI is InChI=1S/C19H19N5O2S/c1-2-27-10-14-8-9-15(26-14)24-12-22-16-17(20-11-21-18(16)24)23-19(25)13-6-4-3-5-7-13/h3-8,11-12,15H,2,9-10H2,1H3,(H,20,21,23,25)/t15-/m1/s1. The molecule has 3 heterocycles. The molecular weight excluding hydrogens is 362 g/mol. The Bertz CT molecular complexity index is 986. The van der Waals surface area contributed by atoms with Gasteiger partial charge in [0.05, 0.1) is 5.75 Å². The summed E-state index contributed by atoms with van der Waals surface area (Å²) in [6, 6.07) is 9.00. The number of benzene rings is 1. The fourth-order valence-electron chi connectivity index (χ4n) is 2.89. The van der Waals surface area contributed by atoms with Crippen LogP contribution in [-0.4, -0.2) is 36.9 Å². The van der Waals surface area contributed by atoms with Crippen LogP contribution >= 0.6 is 11.8 Å². The van der Waals surface area contributed by atoms with Gasteiger partial charge in [0.1, 0.15) is 18.4 Å². The summed E-state index contributed by atoms with van der Waals surface area (Å²) >= 11 is 1.82. The Kier molecular flexibility index (Phi) is 5.06. The number of ether oxygens (including phenoxy) is 1. The molecule has 0 radical (unpaired) electrons. The summed E-state index contributed by atoms with van der Waals surface area (Å²) in [7, 11) is 0. The number of carbonyl (C=O) groups is 1. The van der Waals surface area contributed by atoms with E-state index < -0.39 is 0 Å². The molecule has 1 N–H and O–H groups in total. The van der Waals surface area contributed by atoms with E-state index in [-0.39, 0.29) is 12.1 Å². The average Bonchev–Trinajstić information content (AvgIpc) is 3.34. The van der Waals surface area contributed by atoms with Crippen molar-refractivity contribution in [2.75, 3.05) is 16.8 Å². The molecular formula is C19H19N5O2S. The lowest BCUT2D eigenvalue weighted by atomic mass is 10.2. The van der Waals surface area contributed by atoms with E-state index in [2.05, 4.69) is 33.3 Å². The van der Waals surface area contributed by atoms with Crippen molar-refractivity contribution in [3.63, 3.8) is 0 Å². The molecule has 3 aromatic rings. The molecule has 1 aromatic carbocycles. The Morgan fingerprint density at radius 2 is 2.15 bits per heavy atom. The lowest BCUT2D eigenvalue weighted by Gasteiger charge is -2.15. The van der Waals surface area contributed by atoms with Gasteiger partial charge in [0.15, 0.2) is 23.2 Å². The molecule has 4 rings (SSSR count). The molecule has 2 aromatic heterocycles. The molecule has 1 aliphatic rings. The number of nitrogens with one attached hydrogen (secondary N) is 1. The second-order valence-corrected chi connectivity index (χ2v) is 7.26. The number of imidazole rings is 1. The van der Waals surface area contributed by atoms with Crippen molar-refractivity contribution in [2.45, 2.75) is 19.6 Å². The van der Waals surface area contributed by atoms with Crippen molar-refractivity contribution in [3.05, 3.63) is 60.4 Å². The lowest BCUT2D eigenvalue weighted by Crippen LogP contribution is -2.13. The summed E-state index contributed by atoms with van der Waals surface area (Å²) in [4.78, 5) is 25.4. The predicted molar refractivity (Wildman–Crippen MR) is 106 cm³/mol. The van der Waals surface area contributed by atoms with E-state index in [0.29, 0.717) is 22.5 Å². The number of anilines is 1. The first-order valence-electron chi connectivity index (χ1n) is 8.73. The molecule has 1 amide bonds. The van der Waals surface area contributed by atoms with E-state index >= 15 is 0 Å². The van der Waals surface area contributed by atoms with Crippen molar-refractivity contribution in [1.29, 1.82) is 0 Å². The van der Waals surface area contributed by atoms with Gasteiger partial charge < -0.3 is 10.1 Å². The highest BCUT2D eigenvalue weighted by Crippen LogP contribution is 2.31. The second kappa shape index (κ2) is 7.79. The molecule has 0 spiro atoms. The normalized spacial score (nSPS) is 16.2. The summed E-state index contributed by atoms with van der Waals surface area (Å²) in [6.45, 7) is 2.13. The zero-order valence-corrected chi connectivity index (χ0v) is 15.6. The van der Waals surface area contributed by atoms with Gasteiger partial charge >= 0.3 is 0 Å². The number of carbonyl (C=O) groups excluding carboxylic acids is 1. The van der Waals surface area contributed by atoms with E-state index in [1.54, 1.807) is 18.5 Å².